The molecule has 0 saturated heterocycles. The van der Waals surface area contributed by atoms with Crippen LogP contribution in [0.25, 0.3) is 0 Å². The SMILES string of the molecule is COc1ccc2c(c1)CC(C)N2CCBr. The maximum atomic E-state index is 5.24. The van der Waals surface area contributed by atoms with Gasteiger partial charge in [-0.15, -0.1) is 0 Å². The summed E-state index contributed by atoms with van der Waals surface area (Å²) in [5, 5.41) is 1.02. The molecule has 2 rings (SSSR count). The monoisotopic (exact) mass is 269 g/mol. The molecule has 0 amide bonds. The van der Waals surface area contributed by atoms with E-state index in [1.54, 1.807) is 7.11 Å². The normalized spacial score (nSPS) is 19.1. The Labute approximate surface area is 99.4 Å². The molecule has 1 aliphatic rings. The first kappa shape index (κ1) is 10.8. The summed E-state index contributed by atoms with van der Waals surface area (Å²) >= 11 is 3.50. The lowest BCUT2D eigenvalue weighted by atomic mass is 10.1. The van der Waals surface area contributed by atoms with Crippen molar-refractivity contribution in [2.75, 3.05) is 23.9 Å². The lowest BCUT2D eigenvalue weighted by Gasteiger charge is -2.23. The first-order valence-corrected chi connectivity index (χ1v) is 6.38. The average Bonchev–Trinajstić information content (AvgIpc) is 2.55. The second-order valence-corrected chi connectivity index (χ2v) is 4.72. The summed E-state index contributed by atoms with van der Waals surface area (Å²) in [6.07, 6.45) is 1.12. The summed E-state index contributed by atoms with van der Waals surface area (Å²) in [5.41, 5.74) is 2.77. The van der Waals surface area contributed by atoms with Gasteiger partial charge in [-0.25, -0.2) is 0 Å². The number of halogens is 1. The molecule has 1 aromatic carbocycles. The van der Waals surface area contributed by atoms with Crippen LogP contribution in [-0.4, -0.2) is 25.0 Å². The average molecular weight is 270 g/mol. The van der Waals surface area contributed by atoms with Gasteiger partial charge in [0.1, 0.15) is 5.75 Å². The molecule has 0 fully saturated rings. The second kappa shape index (κ2) is 4.44. The van der Waals surface area contributed by atoms with Gasteiger partial charge >= 0.3 is 0 Å². The Kier molecular flexibility index (Phi) is 3.19. The van der Waals surface area contributed by atoms with Gasteiger partial charge in [-0.05, 0) is 37.1 Å². The zero-order valence-electron chi connectivity index (χ0n) is 9.16. The third-order valence-electron chi connectivity index (χ3n) is 2.97. The van der Waals surface area contributed by atoms with Gasteiger partial charge in [0.05, 0.1) is 7.11 Å². The molecule has 15 heavy (non-hydrogen) atoms. The van der Waals surface area contributed by atoms with Crippen molar-refractivity contribution in [3.8, 4) is 5.75 Å². The largest absolute Gasteiger partial charge is 0.497 e. The number of benzene rings is 1. The maximum Gasteiger partial charge on any atom is 0.119 e. The van der Waals surface area contributed by atoms with Crippen molar-refractivity contribution in [3.63, 3.8) is 0 Å². The third kappa shape index (κ3) is 1.98. The Morgan fingerprint density at radius 3 is 3.00 bits per heavy atom. The van der Waals surface area contributed by atoms with Crippen LogP contribution in [0.15, 0.2) is 18.2 Å². The predicted molar refractivity (Wildman–Crippen MR) is 67.3 cm³/mol. The predicted octanol–water partition coefficient (Wildman–Crippen LogP) is 2.84. The number of hydrogen-bond acceptors (Lipinski definition) is 2. The highest BCUT2D eigenvalue weighted by atomic mass is 79.9. The van der Waals surface area contributed by atoms with E-state index < -0.39 is 0 Å². The molecule has 0 saturated carbocycles. The minimum Gasteiger partial charge on any atom is -0.497 e. The van der Waals surface area contributed by atoms with Gasteiger partial charge < -0.3 is 9.64 Å². The zero-order valence-corrected chi connectivity index (χ0v) is 10.8. The topological polar surface area (TPSA) is 12.5 Å². The van der Waals surface area contributed by atoms with Crippen molar-refractivity contribution >= 4 is 21.6 Å². The highest BCUT2D eigenvalue weighted by molar-refractivity contribution is 9.09. The van der Waals surface area contributed by atoms with Crippen LogP contribution in [0.5, 0.6) is 5.75 Å². The van der Waals surface area contributed by atoms with E-state index in [0.717, 1.165) is 24.0 Å². The van der Waals surface area contributed by atoms with Crippen LogP contribution in [0.4, 0.5) is 5.69 Å². The standard InChI is InChI=1S/C12H16BrNO/c1-9-7-10-8-11(15-2)3-4-12(10)14(9)6-5-13/h3-4,8-9H,5-7H2,1-2H3. The van der Waals surface area contributed by atoms with Gasteiger partial charge in [-0.1, -0.05) is 15.9 Å². The number of nitrogens with zero attached hydrogens (tertiary/aromatic N) is 1. The first-order valence-electron chi connectivity index (χ1n) is 5.25. The van der Waals surface area contributed by atoms with Gasteiger partial charge in [0.2, 0.25) is 0 Å². The quantitative estimate of drug-likeness (QED) is 0.783. The minimum atomic E-state index is 0.602. The molecule has 0 aliphatic carbocycles. The number of alkyl halides is 1. The Bertz CT molecular complexity index is 353. The molecule has 1 heterocycles. The fourth-order valence-corrected chi connectivity index (χ4v) is 2.61. The van der Waals surface area contributed by atoms with Crippen LogP contribution in [0.3, 0.4) is 0 Å². The zero-order chi connectivity index (χ0) is 10.8. The molecule has 0 bridgehead atoms. The van der Waals surface area contributed by atoms with Crippen molar-refractivity contribution in [1.82, 2.24) is 0 Å². The molecule has 1 atom stereocenters. The van der Waals surface area contributed by atoms with Crippen LogP contribution >= 0.6 is 15.9 Å². The molecule has 1 unspecified atom stereocenters. The molecular weight excluding hydrogens is 254 g/mol. The van der Waals surface area contributed by atoms with Crippen LogP contribution in [-0.2, 0) is 6.42 Å². The highest BCUT2D eigenvalue weighted by Crippen LogP contribution is 2.34. The number of anilines is 1. The van der Waals surface area contributed by atoms with Crippen molar-refractivity contribution in [2.45, 2.75) is 19.4 Å². The van der Waals surface area contributed by atoms with E-state index in [1.165, 1.54) is 11.3 Å². The molecule has 1 aliphatic heterocycles. The van der Waals surface area contributed by atoms with E-state index in [2.05, 4.69) is 39.9 Å². The summed E-state index contributed by atoms with van der Waals surface area (Å²) in [4.78, 5) is 2.45. The molecular formula is C12H16BrNO. The summed E-state index contributed by atoms with van der Waals surface area (Å²) in [6.45, 7) is 3.34. The summed E-state index contributed by atoms with van der Waals surface area (Å²) < 4.78 is 5.24. The van der Waals surface area contributed by atoms with E-state index in [-0.39, 0.29) is 0 Å². The maximum absolute atomic E-state index is 5.24. The van der Waals surface area contributed by atoms with Crippen molar-refractivity contribution in [1.29, 1.82) is 0 Å². The molecule has 3 heteroatoms. The van der Waals surface area contributed by atoms with Gasteiger partial charge in [0, 0.05) is 23.6 Å². The molecule has 0 spiro atoms. The fraction of sp³-hybridized carbons (Fsp3) is 0.500. The van der Waals surface area contributed by atoms with Gasteiger partial charge in [0.15, 0.2) is 0 Å². The van der Waals surface area contributed by atoms with E-state index in [9.17, 15) is 0 Å². The number of fused-ring (bicyclic) bond motifs is 1. The van der Waals surface area contributed by atoms with Crippen LogP contribution in [0.2, 0.25) is 0 Å². The summed E-state index contributed by atoms with van der Waals surface area (Å²) in [5.74, 6) is 0.960. The second-order valence-electron chi connectivity index (χ2n) is 3.93. The molecule has 0 N–H and O–H groups in total. The van der Waals surface area contributed by atoms with Crippen LogP contribution in [0, 0.1) is 0 Å². The summed E-state index contributed by atoms with van der Waals surface area (Å²) in [6, 6.07) is 6.96. The number of ether oxygens (including phenoxy) is 1. The van der Waals surface area contributed by atoms with Crippen molar-refractivity contribution in [2.24, 2.45) is 0 Å². The van der Waals surface area contributed by atoms with Crippen LogP contribution < -0.4 is 9.64 Å². The van der Waals surface area contributed by atoms with E-state index in [0.29, 0.717) is 6.04 Å². The van der Waals surface area contributed by atoms with Crippen LogP contribution in [0.1, 0.15) is 12.5 Å². The lowest BCUT2D eigenvalue weighted by Crippen LogP contribution is -2.30. The Morgan fingerprint density at radius 2 is 2.33 bits per heavy atom. The first-order chi connectivity index (χ1) is 7.26. The number of rotatable bonds is 3. The number of hydrogen-bond donors (Lipinski definition) is 0. The van der Waals surface area contributed by atoms with Crippen molar-refractivity contribution in [3.05, 3.63) is 23.8 Å². The smallest absolute Gasteiger partial charge is 0.119 e. The highest BCUT2D eigenvalue weighted by Gasteiger charge is 2.25. The molecule has 82 valence electrons. The third-order valence-corrected chi connectivity index (χ3v) is 3.32. The van der Waals surface area contributed by atoms with E-state index in [1.807, 2.05) is 6.07 Å². The molecule has 2 nitrogen and oxygen atoms in total. The van der Waals surface area contributed by atoms with E-state index >= 15 is 0 Å². The molecule has 0 aromatic heterocycles. The van der Waals surface area contributed by atoms with Gasteiger partial charge in [0.25, 0.3) is 0 Å². The Hall–Kier alpha value is -0.700. The van der Waals surface area contributed by atoms with Gasteiger partial charge in [-0.2, -0.15) is 0 Å². The molecule has 1 aromatic rings. The minimum absolute atomic E-state index is 0.602. The number of methoxy groups -OCH3 is 1. The van der Waals surface area contributed by atoms with Gasteiger partial charge in [-0.3, -0.25) is 0 Å². The van der Waals surface area contributed by atoms with Crippen molar-refractivity contribution < 1.29 is 4.74 Å². The fourth-order valence-electron chi connectivity index (χ4n) is 2.23. The lowest BCUT2D eigenvalue weighted by molar-refractivity contribution is 0.414. The van der Waals surface area contributed by atoms with E-state index in [4.69, 9.17) is 4.74 Å². The molecule has 0 radical (unpaired) electrons. The Balaban J connectivity index is 2.30. The Morgan fingerprint density at radius 1 is 1.53 bits per heavy atom. The summed E-state index contributed by atoms with van der Waals surface area (Å²) in [7, 11) is 1.72.